The molecule has 0 amide bonds. The maximum Gasteiger partial charge on any atom is 0.261 e. The van der Waals surface area contributed by atoms with Crippen molar-refractivity contribution in [1.82, 2.24) is 19.1 Å². The zero-order valence-corrected chi connectivity index (χ0v) is 18.5. The lowest BCUT2D eigenvalue weighted by Gasteiger charge is -2.29. The van der Waals surface area contributed by atoms with Crippen molar-refractivity contribution in [2.24, 2.45) is 0 Å². The quantitative estimate of drug-likeness (QED) is 0.486. The average Bonchev–Trinajstić information content (AvgIpc) is 3.21. The van der Waals surface area contributed by atoms with Crippen LogP contribution in [0.15, 0.2) is 59.5 Å². The maximum atomic E-state index is 13.6. The van der Waals surface area contributed by atoms with E-state index in [1.807, 2.05) is 60.1 Å². The largest absolute Gasteiger partial charge is 0.493 e. The molecule has 4 aromatic rings. The van der Waals surface area contributed by atoms with E-state index < -0.39 is 0 Å². The van der Waals surface area contributed by atoms with Crippen molar-refractivity contribution in [3.63, 3.8) is 0 Å². The van der Waals surface area contributed by atoms with Crippen LogP contribution in [0.4, 0.5) is 0 Å². The topological polar surface area (TPSA) is 61.0 Å². The SMILES string of the molecule is COc1ccc(CN2CCc3c(n4ncc(C)c4n(-c4ccccc4)c3=O)C2)cc1OC. The second kappa shape index (κ2) is 8.16. The van der Waals surface area contributed by atoms with Gasteiger partial charge < -0.3 is 9.47 Å². The van der Waals surface area contributed by atoms with E-state index in [1.54, 1.807) is 18.8 Å². The first-order valence-corrected chi connectivity index (χ1v) is 10.7. The van der Waals surface area contributed by atoms with Gasteiger partial charge in [0.1, 0.15) is 5.65 Å². The van der Waals surface area contributed by atoms with Crippen LogP contribution in [0.2, 0.25) is 0 Å². The molecule has 0 unspecified atom stereocenters. The number of ether oxygens (including phenoxy) is 2. The molecule has 164 valence electrons. The van der Waals surface area contributed by atoms with Crippen LogP contribution in [0.25, 0.3) is 11.3 Å². The van der Waals surface area contributed by atoms with Crippen LogP contribution >= 0.6 is 0 Å². The van der Waals surface area contributed by atoms with Crippen LogP contribution in [0.1, 0.15) is 22.4 Å². The minimum Gasteiger partial charge on any atom is -0.493 e. The Hall–Kier alpha value is -3.58. The molecule has 0 atom stereocenters. The molecule has 0 saturated heterocycles. The molecule has 0 spiro atoms. The van der Waals surface area contributed by atoms with Gasteiger partial charge in [0, 0.05) is 30.8 Å². The molecule has 32 heavy (non-hydrogen) atoms. The van der Waals surface area contributed by atoms with Crippen molar-refractivity contribution in [3.8, 4) is 17.2 Å². The van der Waals surface area contributed by atoms with Crippen molar-refractivity contribution in [2.75, 3.05) is 20.8 Å². The number of nitrogens with zero attached hydrogens (tertiary/aromatic N) is 4. The lowest BCUT2D eigenvalue weighted by molar-refractivity contribution is 0.237. The molecule has 0 radical (unpaired) electrons. The van der Waals surface area contributed by atoms with Gasteiger partial charge in [-0.1, -0.05) is 24.3 Å². The first-order valence-electron chi connectivity index (χ1n) is 10.7. The number of fused-ring (bicyclic) bond motifs is 3. The van der Waals surface area contributed by atoms with Crippen LogP contribution in [0.5, 0.6) is 11.5 Å². The van der Waals surface area contributed by atoms with Gasteiger partial charge in [0.05, 0.1) is 31.8 Å². The molecule has 5 rings (SSSR count). The Morgan fingerprint density at radius 1 is 1.03 bits per heavy atom. The predicted molar refractivity (Wildman–Crippen MR) is 123 cm³/mol. The van der Waals surface area contributed by atoms with Gasteiger partial charge in [-0.3, -0.25) is 14.3 Å². The minimum absolute atomic E-state index is 0.0491. The summed E-state index contributed by atoms with van der Waals surface area (Å²) < 4.78 is 14.5. The van der Waals surface area contributed by atoms with E-state index in [0.29, 0.717) is 13.0 Å². The summed E-state index contributed by atoms with van der Waals surface area (Å²) in [7, 11) is 3.28. The zero-order valence-electron chi connectivity index (χ0n) is 18.5. The Bertz CT molecular complexity index is 1340. The highest BCUT2D eigenvalue weighted by Gasteiger charge is 2.26. The van der Waals surface area contributed by atoms with Gasteiger partial charge >= 0.3 is 0 Å². The number of benzene rings is 2. The molecule has 7 heteroatoms. The van der Waals surface area contributed by atoms with Crippen LogP contribution in [-0.4, -0.2) is 39.8 Å². The lowest BCUT2D eigenvalue weighted by Crippen LogP contribution is -2.38. The normalized spacial score (nSPS) is 13.8. The van der Waals surface area contributed by atoms with Gasteiger partial charge in [-0.05, 0) is 43.2 Å². The molecular formula is C25H26N4O3. The van der Waals surface area contributed by atoms with Crippen molar-refractivity contribution in [2.45, 2.75) is 26.4 Å². The third-order valence-corrected chi connectivity index (χ3v) is 6.12. The van der Waals surface area contributed by atoms with Gasteiger partial charge in [0.2, 0.25) is 0 Å². The predicted octanol–water partition coefficient (Wildman–Crippen LogP) is 3.37. The monoisotopic (exact) mass is 430 g/mol. The van der Waals surface area contributed by atoms with Crippen molar-refractivity contribution in [3.05, 3.63) is 87.5 Å². The molecule has 0 N–H and O–H groups in total. The summed E-state index contributed by atoms with van der Waals surface area (Å²) in [6.45, 7) is 4.21. The molecule has 1 aliphatic heterocycles. The maximum absolute atomic E-state index is 13.6. The molecule has 2 aromatic heterocycles. The second-order valence-electron chi connectivity index (χ2n) is 8.11. The van der Waals surface area contributed by atoms with E-state index in [2.05, 4.69) is 16.1 Å². The highest BCUT2D eigenvalue weighted by atomic mass is 16.5. The van der Waals surface area contributed by atoms with Gasteiger partial charge in [-0.15, -0.1) is 0 Å². The van der Waals surface area contributed by atoms with E-state index in [9.17, 15) is 4.79 Å². The Morgan fingerprint density at radius 3 is 2.56 bits per heavy atom. The molecule has 0 saturated carbocycles. The van der Waals surface area contributed by atoms with Crippen LogP contribution < -0.4 is 15.0 Å². The summed E-state index contributed by atoms with van der Waals surface area (Å²) in [4.78, 5) is 15.9. The number of hydrogen-bond donors (Lipinski definition) is 0. The van der Waals surface area contributed by atoms with Crippen LogP contribution in [0.3, 0.4) is 0 Å². The number of rotatable bonds is 5. The van der Waals surface area contributed by atoms with Gasteiger partial charge in [0.25, 0.3) is 5.56 Å². The number of aromatic nitrogens is 3. The summed E-state index contributed by atoms with van der Waals surface area (Å²) >= 11 is 0. The number of hydrogen-bond acceptors (Lipinski definition) is 5. The Kier molecular flexibility index (Phi) is 5.19. The molecular weight excluding hydrogens is 404 g/mol. The van der Waals surface area contributed by atoms with E-state index >= 15 is 0 Å². The second-order valence-corrected chi connectivity index (χ2v) is 8.11. The Morgan fingerprint density at radius 2 is 1.81 bits per heavy atom. The highest BCUT2D eigenvalue weighted by Crippen LogP contribution is 2.29. The number of aryl methyl sites for hydroxylation is 1. The summed E-state index contributed by atoms with van der Waals surface area (Å²) in [6, 6.07) is 15.8. The Balaban J connectivity index is 1.54. The summed E-state index contributed by atoms with van der Waals surface area (Å²) in [5.74, 6) is 1.44. The molecule has 2 aromatic carbocycles. The van der Waals surface area contributed by atoms with Crippen LogP contribution in [0, 0.1) is 6.92 Å². The molecule has 1 aliphatic rings. The zero-order chi connectivity index (χ0) is 22.2. The van der Waals surface area contributed by atoms with Crippen molar-refractivity contribution < 1.29 is 9.47 Å². The van der Waals surface area contributed by atoms with E-state index in [-0.39, 0.29) is 5.56 Å². The Labute approximate surface area is 186 Å². The summed E-state index contributed by atoms with van der Waals surface area (Å²) in [5.41, 5.74) is 5.66. The molecule has 7 nitrogen and oxygen atoms in total. The average molecular weight is 431 g/mol. The number of para-hydroxylation sites is 1. The fourth-order valence-electron chi connectivity index (χ4n) is 4.54. The van der Waals surface area contributed by atoms with E-state index in [1.165, 1.54) is 0 Å². The smallest absolute Gasteiger partial charge is 0.261 e. The first-order chi connectivity index (χ1) is 15.6. The fraction of sp³-hybridized carbons (Fsp3) is 0.280. The standard InChI is InChI=1S/C25H26N4O3/c1-17-14-26-29-21-16-27(15-18-9-10-22(31-2)23(13-18)32-3)12-11-20(21)25(30)28(24(17)29)19-7-5-4-6-8-19/h4-10,13-14H,11-12,15-16H2,1-3H3. The summed E-state index contributed by atoms with van der Waals surface area (Å²) in [6.07, 6.45) is 2.52. The van der Waals surface area contributed by atoms with Gasteiger partial charge in [-0.25, -0.2) is 4.52 Å². The van der Waals surface area contributed by atoms with Gasteiger partial charge in [0.15, 0.2) is 11.5 Å². The highest BCUT2D eigenvalue weighted by molar-refractivity contribution is 5.55. The number of methoxy groups -OCH3 is 2. The molecule has 0 fully saturated rings. The van der Waals surface area contributed by atoms with Crippen molar-refractivity contribution in [1.29, 1.82) is 0 Å². The van der Waals surface area contributed by atoms with Gasteiger partial charge in [-0.2, -0.15) is 5.10 Å². The van der Waals surface area contributed by atoms with Crippen molar-refractivity contribution >= 4 is 5.65 Å². The third kappa shape index (κ3) is 3.35. The fourth-order valence-corrected chi connectivity index (χ4v) is 4.54. The van der Waals surface area contributed by atoms with E-state index in [4.69, 9.17) is 9.47 Å². The first kappa shape index (κ1) is 20.3. The molecule has 3 heterocycles. The third-order valence-electron chi connectivity index (χ3n) is 6.12. The molecule has 0 bridgehead atoms. The van der Waals surface area contributed by atoms with Crippen LogP contribution in [-0.2, 0) is 19.5 Å². The minimum atomic E-state index is 0.0491. The summed E-state index contributed by atoms with van der Waals surface area (Å²) in [5, 5.41) is 4.64. The van der Waals surface area contributed by atoms with E-state index in [0.717, 1.165) is 58.3 Å². The molecule has 0 aliphatic carbocycles. The lowest BCUT2D eigenvalue weighted by atomic mass is 10.0.